The number of aliphatic carboxylic acids is 1. The van der Waals surface area contributed by atoms with Crippen LogP contribution < -0.4 is 4.90 Å². The molecule has 1 aliphatic rings. The summed E-state index contributed by atoms with van der Waals surface area (Å²) in [5, 5.41) is 18.9. The van der Waals surface area contributed by atoms with E-state index in [1.54, 1.807) is 24.3 Å². The van der Waals surface area contributed by atoms with Gasteiger partial charge in [-0.25, -0.2) is 0 Å². The lowest BCUT2D eigenvalue weighted by Gasteiger charge is -2.19. The Kier molecular flexibility index (Phi) is 2.20. The van der Waals surface area contributed by atoms with Crippen LogP contribution in [0.15, 0.2) is 24.3 Å². The van der Waals surface area contributed by atoms with Crippen molar-refractivity contribution in [1.82, 2.24) is 0 Å². The number of carbonyl (C=O) groups is 2. The highest BCUT2D eigenvalue weighted by Gasteiger charge is 2.49. The summed E-state index contributed by atoms with van der Waals surface area (Å²) in [5.74, 6) is -1.81. The Hall–Kier alpha value is -1.88. The lowest BCUT2D eigenvalue weighted by atomic mass is 9.92. The zero-order valence-electron chi connectivity index (χ0n) is 8.67. The van der Waals surface area contributed by atoms with Gasteiger partial charge in [0.1, 0.15) is 0 Å². The first kappa shape index (κ1) is 10.6. The fraction of sp³-hybridized carbons (Fsp3) is 0.273. The van der Waals surface area contributed by atoms with Gasteiger partial charge < -0.3 is 15.1 Å². The molecule has 2 rings (SSSR count). The number of carboxylic acids is 1. The van der Waals surface area contributed by atoms with Gasteiger partial charge in [-0.2, -0.15) is 0 Å². The van der Waals surface area contributed by atoms with Crippen molar-refractivity contribution in [3.05, 3.63) is 29.8 Å². The minimum absolute atomic E-state index is 0.352. The van der Waals surface area contributed by atoms with Crippen molar-refractivity contribution >= 4 is 17.6 Å². The minimum Gasteiger partial charge on any atom is -0.481 e. The van der Waals surface area contributed by atoms with Gasteiger partial charge in [-0.3, -0.25) is 9.59 Å². The summed E-state index contributed by atoms with van der Waals surface area (Å²) >= 11 is 0. The van der Waals surface area contributed by atoms with Crippen LogP contribution in [0.4, 0.5) is 5.69 Å². The van der Waals surface area contributed by atoms with Gasteiger partial charge in [0.2, 0.25) is 0 Å². The number of likely N-dealkylation sites (N-methyl/N-ethyl adjacent to an activating group) is 1. The third kappa shape index (κ3) is 1.29. The quantitative estimate of drug-likeness (QED) is 0.754. The van der Waals surface area contributed by atoms with Gasteiger partial charge in [0.15, 0.2) is 5.60 Å². The van der Waals surface area contributed by atoms with Crippen molar-refractivity contribution < 1.29 is 19.8 Å². The number of carboxylic acid groups (broad SMARTS) is 1. The fourth-order valence-corrected chi connectivity index (χ4v) is 2.01. The third-order valence-corrected chi connectivity index (χ3v) is 2.78. The first-order valence-corrected chi connectivity index (χ1v) is 4.78. The van der Waals surface area contributed by atoms with Crippen LogP contribution in [0.1, 0.15) is 12.0 Å². The normalized spacial score (nSPS) is 23.4. The summed E-state index contributed by atoms with van der Waals surface area (Å²) in [6.45, 7) is 0. The van der Waals surface area contributed by atoms with Gasteiger partial charge in [0.05, 0.1) is 12.1 Å². The van der Waals surface area contributed by atoms with Crippen LogP contribution in [0.5, 0.6) is 0 Å². The Morgan fingerprint density at radius 3 is 2.69 bits per heavy atom. The smallest absolute Gasteiger partial charge is 0.307 e. The van der Waals surface area contributed by atoms with Gasteiger partial charge in [0, 0.05) is 12.6 Å². The largest absolute Gasteiger partial charge is 0.481 e. The molecule has 5 nitrogen and oxygen atoms in total. The van der Waals surface area contributed by atoms with Crippen LogP contribution in [0.2, 0.25) is 0 Å². The fourth-order valence-electron chi connectivity index (χ4n) is 2.01. The number of para-hydroxylation sites is 1. The van der Waals surface area contributed by atoms with Crippen LogP contribution in [0, 0.1) is 0 Å². The standard InChI is InChI=1S/C11H11NO4/c1-12-8-5-3-2-4-7(8)11(16,10(12)15)6-9(13)14/h2-5,16H,6H2,1H3,(H,13,14). The van der Waals surface area contributed by atoms with E-state index in [1.807, 2.05) is 0 Å². The summed E-state index contributed by atoms with van der Waals surface area (Å²) in [6, 6.07) is 6.64. The maximum Gasteiger partial charge on any atom is 0.307 e. The monoisotopic (exact) mass is 221 g/mol. The van der Waals surface area contributed by atoms with E-state index in [0.29, 0.717) is 11.3 Å². The third-order valence-electron chi connectivity index (χ3n) is 2.78. The molecule has 0 saturated heterocycles. The molecule has 1 aliphatic heterocycles. The van der Waals surface area contributed by atoms with E-state index in [9.17, 15) is 14.7 Å². The molecule has 16 heavy (non-hydrogen) atoms. The van der Waals surface area contributed by atoms with Crippen LogP contribution >= 0.6 is 0 Å². The molecule has 1 atom stereocenters. The molecule has 0 radical (unpaired) electrons. The Morgan fingerprint density at radius 1 is 1.44 bits per heavy atom. The number of carbonyl (C=O) groups excluding carboxylic acids is 1. The highest BCUT2D eigenvalue weighted by atomic mass is 16.4. The van der Waals surface area contributed by atoms with Gasteiger partial charge in [-0.15, -0.1) is 0 Å². The molecular weight excluding hydrogens is 210 g/mol. The highest BCUT2D eigenvalue weighted by molar-refractivity contribution is 6.07. The number of hydrogen-bond acceptors (Lipinski definition) is 3. The molecule has 0 bridgehead atoms. The molecule has 0 fully saturated rings. The summed E-state index contributed by atoms with van der Waals surface area (Å²) in [7, 11) is 1.51. The van der Waals surface area contributed by atoms with E-state index in [0.717, 1.165) is 0 Å². The van der Waals surface area contributed by atoms with Crippen molar-refractivity contribution in [1.29, 1.82) is 0 Å². The second kappa shape index (κ2) is 3.31. The molecule has 5 heteroatoms. The first-order chi connectivity index (χ1) is 7.47. The van der Waals surface area contributed by atoms with Gasteiger partial charge >= 0.3 is 5.97 Å². The molecule has 0 aromatic heterocycles. The summed E-state index contributed by atoms with van der Waals surface area (Å²) in [4.78, 5) is 23.8. The molecule has 1 amide bonds. The number of benzene rings is 1. The van der Waals surface area contributed by atoms with E-state index < -0.39 is 23.9 Å². The Morgan fingerprint density at radius 2 is 2.06 bits per heavy atom. The predicted octanol–water partition coefficient (Wildman–Crippen LogP) is 0.325. The SMILES string of the molecule is CN1C(=O)C(O)(CC(=O)O)c2ccccc21. The van der Waals surface area contributed by atoms with Gasteiger partial charge in [-0.1, -0.05) is 18.2 Å². The van der Waals surface area contributed by atoms with E-state index in [1.165, 1.54) is 11.9 Å². The van der Waals surface area contributed by atoms with E-state index in [2.05, 4.69) is 0 Å². The maximum atomic E-state index is 11.8. The lowest BCUT2D eigenvalue weighted by Crippen LogP contribution is -2.40. The van der Waals surface area contributed by atoms with E-state index in [4.69, 9.17) is 5.11 Å². The molecule has 2 N–H and O–H groups in total. The van der Waals surface area contributed by atoms with Crippen molar-refractivity contribution in [2.24, 2.45) is 0 Å². The number of amides is 1. The molecule has 1 unspecified atom stereocenters. The van der Waals surface area contributed by atoms with E-state index in [-0.39, 0.29) is 0 Å². The molecule has 1 aromatic rings. The van der Waals surface area contributed by atoms with Crippen molar-refractivity contribution in [3.63, 3.8) is 0 Å². The number of aliphatic hydroxyl groups is 1. The molecule has 84 valence electrons. The lowest BCUT2D eigenvalue weighted by molar-refractivity contribution is -0.150. The zero-order valence-corrected chi connectivity index (χ0v) is 8.67. The van der Waals surface area contributed by atoms with Crippen LogP contribution in [0.3, 0.4) is 0 Å². The van der Waals surface area contributed by atoms with Crippen molar-refractivity contribution in [2.75, 3.05) is 11.9 Å². The summed E-state index contributed by atoms with van der Waals surface area (Å²) in [6.07, 6.45) is -0.618. The number of nitrogens with zero attached hydrogens (tertiary/aromatic N) is 1. The second-order valence-corrected chi connectivity index (χ2v) is 3.81. The molecule has 0 saturated carbocycles. The topological polar surface area (TPSA) is 77.8 Å². The molecule has 1 heterocycles. The number of anilines is 1. The van der Waals surface area contributed by atoms with Crippen molar-refractivity contribution in [2.45, 2.75) is 12.0 Å². The number of hydrogen-bond donors (Lipinski definition) is 2. The zero-order chi connectivity index (χ0) is 11.9. The Bertz CT molecular complexity index is 471. The number of fused-ring (bicyclic) bond motifs is 1. The Balaban J connectivity index is 2.56. The average Bonchev–Trinajstić information content (AvgIpc) is 2.42. The molecular formula is C11H11NO4. The van der Waals surface area contributed by atoms with Crippen LogP contribution in [-0.2, 0) is 15.2 Å². The number of rotatable bonds is 2. The van der Waals surface area contributed by atoms with Crippen LogP contribution in [0.25, 0.3) is 0 Å². The highest BCUT2D eigenvalue weighted by Crippen LogP contribution is 2.41. The van der Waals surface area contributed by atoms with E-state index >= 15 is 0 Å². The predicted molar refractivity (Wildman–Crippen MR) is 56.0 cm³/mol. The first-order valence-electron chi connectivity index (χ1n) is 4.78. The Labute approximate surface area is 91.9 Å². The molecule has 0 spiro atoms. The van der Waals surface area contributed by atoms with Gasteiger partial charge in [0.25, 0.3) is 5.91 Å². The summed E-state index contributed by atoms with van der Waals surface area (Å²) < 4.78 is 0. The van der Waals surface area contributed by atoms with Crippen LogP contribution in [-0.4, -0.2) is 29.1 Å². The molecule has 1 aromatic carbocycles. The van der Waals surface area contributed by atoms with Gasteiger partial charge in [-0.05, 0) is 6.07 Å². The van der Waals surface area contributed by atoms with Crippen molar-refractivity contribution in [3.8, 4) is 0 Å². The maximum absolute atomic E-state index is 11.8. The average molecular weight is 221 g/mol. The summed E-state index contributed by atoms with van der Waals surface area (Å²) in [5.41, 5.74) is -1.03. The second-order valence-electron chi connectivity index (χ2n) is 3.81. The molecule has 0 aliphatic carbocycles. The minimum atomic E-state index is -1.93.